The molecule has 0 spiro atoms. The minimum Gasteiger partial charge on any atom is -0.449 e. The number of benzene rings is 1. The zero-order valence-electron chi connectivity index (χ0n) is 18.1. The summed E-state index contributed by atoms with van der Waals surface area (Å²) in [5.41, 5.74) is 1.35. The first-order valence-electron chi connectivity index (χ1n) is 10.4. The standard InChI is InChI=1S/C23H27N3O4S/c1-15-19(16(2)30-26-15)13-31-20-10-6-5-9-18(20)22(28)29-17(3)21(27)25-23(14-24)11-7-4-8-12-23/h5-6,9-10,17H,4,7-8,11-13H2,1-3H3,(H,25,27)/t17-/m1/s1. The quantitative estimate of drug-likeness (QED) is 0.499. The molecule has 7 nitrogen and oxygen atoms in total. The highest BCUT2D eigenvalue weighted by Crippen LogP contribution is 2.30. The van der Waals surface area contributed by atoms with Crippen LogP contribution in [0.4, 0.5) is 0 Å². The molecule has 1 heterocycles. The zero-order chi connectivity index (χ0) is 22.4. The summed E-state index contributed by atoms with van der Waals surface area (Å²) in [6, 6.07) is 9.38. The Balaban J connectivity index is 1.65. The second-order valence-electron chi connectivity index (χ2n) is 7.88. The van der Waals surface area contributed by atoms with E-state index >= 15 is 0 Å². The predicted octanol–water partition coefficient (Wildman–Crippen LogP) is 4.47. The molecule has 1 aromatic carbocycles. The van der Waals surface area contributed by atoms with E-state index in [1.54, 1.807) is 12.1 Å². The number of hydrogen-bond acceptors (Lipinski definition) is 7. The normalized spacial score (nSPS) is 16.2. The molecule has 0 aliphatic heterocycles. The third-order valence-corrected chi connectivity index (χ3v) is 6.70. The van der Waals surface area contributed by atoms with Crippen molar-refractivity contribution in [3.63, 3.8) is 0 Å². The molecule has 0 unspecified atom stereocenters. The third-order valence-electron chi connectivity index (χ3n) is 5.60. The van der Waals surface area contributed by atoms with E-state index in [2.05, 4.69) is 16.5 Å². The Morgan fingerprint density at radius 1 is 1.29 bits per heavy atom. The van der Waals surface area contributed by atoms with Crippen molar-refractivity contribution in [1.82, 2.24) is 10.5 Å². The predicted molar refractivity (Wildman–Crippen MR) is 116 cm³/mol. The number of ether oxygens (including phenoxy) is 1. The highest BCUT2D eigenvalue weighted by atomic mass is 32.2. The number of carbonyl (C=O) groups excluding carboxylic acids is 2. The van der Waals surface area contributed by atoms with Crippen LogP contribution in [0.3, 0.4) is 0 Å². The molecule has 1 saturated carbocycles. The first-order valence-corrected chi connectivity index (χ1v) is 11.4. The topological polar surface area (TPSA) is 105 Å². The number of thioether (sulfide) groups is 1. The second kappa shape index (κ2) is 10.0. The van der Waals surface area contributed by atoms with Crippen molar-refractivity contribution in [3.8, 4) is 6.07 Å². The molecule has 1 amide bonds. The Morgan fingerprint density at radius 3 is 2.65 bits per heavy atom. The third kappa shape index (κ3) is 5.47. The molecule has 1 aliphatic rings. The lowest BCUT2D eigenvalue weighted by molar-refractivity contribution is -0.130. The minimum atomic E-state index is -1.000. The first-order chi connectivity index (χ1) is 14.8. The van der Waals surface area contributed by atoms with Crippen LogP contribution in [0, 0.1) is 25.2 Å². The van der Waals surface area contributed by atoms with Gasteiger partial charge in [0.05, 0.1) is 17.3 Å². The van der Waals surface area contributed by atoms with Gasteiger partial charge in [0.2, 0.25) is 0 Å². The van der Waals surface area contributed by atoms with Gasteiger partial charge in [0.15, 0.2) is 6.10 Å². The van der Waals surface area contributed by atoms with E-state index in [-0.39, 0.29) is 0 Å². The maximum atomic E-state index is 12.8. The Kier molecular flexibility index (Phi) is 7.39. The number of esters is 1. The molecule has 0 bridgehead atoms. The number of amides is 1. The number of carbonyl (C=O) groups is 2. The molecule has 1 aromatic heterocycles. The molecule has 1 aliphatic carbocycles. The SMILES string of the molecule is Cc1noc(C)c1CSc1ccccc1C(=O)O[C@H](C)C(=O)NC1(C#N)CCCCC1. The summed E-state index contributed by atoms with van der Waals surface area (Å²) < 4.78 is 10.6. The van der Waals surface area contributed by atoms with Gasteiger partial charge in [-0.05, 0) is 45.7 Å². The van der Waals surface area contributed by atoms with Gasteiger partial charge in [-0.1, -0.05) is 36.6 Å². The maximum absolute atomic E-state index is 12.8. The van der Waals surface area contributed by atoms with Crippen LogP contribution >= 0.6 is 11.8 Å². The summed E-state index contributed by atoms with van der Waals surface area (Å²) in [5.74, 6) is 0.341. The smallest absolute Gasteiger partial charge is 0.340 e. The van der Waals surface area contributed by atoms with Crippen molar-refractivity contribution >= 4 is 23.6 Å². The van der Waals surface area contributed by atoms with Crippen molar-refractivity contribution in [2.24, 2.45) is 0 Å². The molecular weight excluding hydrogens is 414 g/mol. The lowest BCUT2D eigenvalue weighted by Gasteiger charge is -2.32. The van der Waals surface area contributed by atoms with E-state index in [1.165, 1.54) is 18.7 Å². The van der Waals surface area contributed by atoms with E-state index in [1.807, 2.05) is 26.0 Å². The summed E-state index contributed by atoms with van der Waals surface area (Å²) in [7, 11) is 0. The first kappa shape index (κ1) is 22.9. The number of nitrogens with zero attached hydrogens (tertiary/aromatic N) is 2. The Morgan fingerprint density at radius 2 is 2.00 bits per heavy atom. The maximum Gasteiger partial charge on any atom is 0.340 e. The van der Waals surface area contributed by atoms with Gasteiger partial charge in [-0.2, -0.15) is 5.26 Å². The van der Waals surface area contributed by atoms with E-state index in [0.29, 0.717) is 24.2 Å². The summed E-state index contributed by atoms with van der Waals surface area (Å²) >= 11 is 1.48. The van der Waals surface area contributed by atoms with Crippen LogP contribution in [0.5, 0.6) is 0 Å². The minimum absolute atomic E-state index is 0.395. The van der Waals surface area contributed by atoms with Crippen LogP contribution in [0.25, 0.3) is 0 Å². The molecule has 164 valence electrons. The van der Waals surface area contributed by atoms with Crippen LogP contribution in [0.1, 0.15) is 66.4 Å². The fraction of sp³-hybridized carbons (Fsp3) is 0.478. The van der Waals surface area contributed by atoms with Crippen LogP contribution in [-0.2, 0) is 15.3 Å². The van der Waals surface area contributed by atoms with Crippen LogP contribution in [-0.4, -0.2) is 28.7 Å². The Labute approximate surface area is 186 Å². The second-order valence-corrected chi connectivity index (χ2v) is 8.90. The molecular formula is C23H27N3O4S. The van der Waals surface area contributed by atoms with Gasteiger partial charge in [0.1, 0.15) is 11.3 Å². The molecule has 0 radical (unpaired) electrons. The van der Waals surface area contributed by atoms with Crippen LogP contribution in [0.2, 0.25) is 0 Å². The number of aromatic nitrogens is 1. The van der Waals surface area contributed by atoms with Gasteiger partial charge in [-0.15, -0.1) is 11.8 Å². The summed E-state index contributed by atoms with van der Waals surface area (Å²) in [5, 5.41) is 16.3. The van der Waals surface area contributed by atoms with E-state index in [9.17, 15) is 14.9 Å². The monoisotopic (exact) mass is 441 g/mol. The number of aryl methyl sites for hydroxylation is 2. The molecule has 1 fully saturated rings. The van der Waals surface area contributed by atoms with Gasteiger partial charge in [-0.25, -0.2) is 4.79 Å². The molecule has 8 heteroatoms. The van der Waals surface area contributed by atoms with Crippen LogP contribution in [0.15, 0.2) is 33.7 Å². The van der Waals surface area contributed by atoms with Gasteiger partial charge in [-0.3, -0.25) is 4.79 Å². The van der Waals surface area contributed by atoms with E-state index in [0.717, 1.165) is 41.2 Å². The van der Waals surface area contributed by atoms with Gasteiger partial charge in [0, 0.05) is 16.2 Å². The molecule has 3 rings (SSSR count). The number of hydrogen-bond donors (Lipinski definition) is 1. The largest absolute Gasteiger partial charge is 0.449 e. The fourth-order valence-corrected chi connectivity index (χ4v) is 4.85. The Bertz CT molecular complexity index is 969. The van der Waals surface area contributed by atoms with Gasteiger partial charge in [0.25, 0.3) is 5.91 Å². The van der Waals surface area contributed by atoms with Crippen molar-refractivity contribution in [1.29, 1.82) is 5.26 Å². The zero-order valence-corrected chi connectivity index (χ0v) is 18.9. The van der Waals surface area contributed by atoms with Crippen molar-refractivity contribution in [3.05, 3.63) is 46.8 Å². The summed E-state index contributed by atoms with van der Waals surface area (Å²) in [4.78, 5) is 26.2. The molecule has 1 N–H and O–H groups in total. The molecule has 1 atom stereocenters. The van der Waals surface area contributed by atoms with Crippen LogP contribution < -0.4 is 5.32 Å². The van der Waals surface area contributed by atoms with Crippen molar-refractivity contribution in [2.45, 2.75) is 75.2 Å². The lowest BCUT2D eigenvalue weighted by atomic mass is 9.83. The Hall–Kier alpha value is -2.79. The molecule has 31 heavy (non-hydrogen) atoms. The fourth-order valence-electron chi connectivity index (χ4n) is 3.65. The number of nitriles is 1. The van der Waals surface area contributed by atoms with Gasteiger partial charge >= 0.3 is 5.97 Å². The average molecular weight is 442 g/mol. The summed E-state index contributed by atoms with van der Waals surface area (Å²) in [6.45, 7) is 5.27. The summed E-state index contributed by atoms with van der Waals surface area (Å²) in [6.07, 6.45) is 3.11. The van der Waals surface area contributed by atoms with Crippen molar-refractivity contribution < 1.29 is 18.8 Å². The lowest BCUT2D eigenvalue weighted by Crippen LogP contribution is -2.52. The molecule has 2 aromatic rings. The highest BCUT2D eigenvalue weighted by Gasteiger charge is 2.35. The number of rotatable bonds is 7. The average Bonchev–Trinajstić information content (AvgIpc) is 3.10. The van der Waals surface area contributed by atoms with E-state index < -0.39 is 23.5 Å². The highest BCUT2D eigenvalue weighted by molar-refractivity contribution is 7.98. The van der Waals surface area contributed by atoms with Crippen molar-refractivity contribution in [2.75, 3.05) is 0 Å². The van der Waals surface area contributed by atoms with E-state index in [4.69, 9.17) is 9.26 Å². The van der Waals surface area contributed by atoms with Gasteiger partial charge < -0.3 is 14.6 Å². The number of nitrogens with one attached hydrogen (secondary N) is 1. The molecule has 0 saturated heterocycles.